The van der Waals surface area contributed by atoms with Crippen molar-refractivity contribution in [1.82, 2.24) is 0 Å². The van der Waals surface area contributed by atoms with E-state index in [1.54, 1.807) is 37.3 Å². The van der Waals surface area contributed by atoms with E-state index < -0.39 is 11.9 Å². The number of esters is 2. The summed E-state index contributed by atoms with van der Waals surface area (Å²) in [4.78, 5) is 34.9. The molecule has 0 bridgehead atoms. The van der Waals surface area contributed by atoms with Gasteiger partial charge in [-0.25, -0.2) is 9.59 Å². The van der Waals surface area contributed by atoms with Gasteiger partial charge in [0, 0.05) is 28.2 Å². The lowest BCUT2D eigenvalue weighted by Crippen LogP contribution is -2.08. The van der Waals surface area contributed by atoms with Gasteiger partial charge in [-0.2, -0.15) is 0 Å². The van der Waals surface area contributed by atoms with Crippen molar-refractivity contribution in [3.8, 4) is 28.4 Å². The zero-order valence-corrected chi connectivity index (χ0v) is 21.1. The van der Waals surface area contributed by atoms with Gasteiger partial charge in [0.2, 0.25) is 0 Å². The van der Waals surface area contributed by atoms with Crippen molar-refractivity contribution < 1.29 is 28.6 Å². The molecule has 0 spiro atoms. The summed E-state index contributed by atoms with van der Waals surface area (Å²) in [7, 11) is 0. The Morgan fingerprint density at radius 2 is 1.36 bits per heavy atom. The summed E-state index contributed by atoms with van der Waals surface area (Å²) in [5, 5.41) is 1.47. The van der Waals surface area contributed by atoms with E-state index in [0.29, 0.717) is 23.2 Å². The smallest absolute Gasteiger partial charge is 0.338 e. The minimum absolute atomic E-state index is 0.207. The van der Waals surface area contributed by atoms with E-state index in [0.717, 1.165) is 17.4 Å². The van der Waals surface area contributed by atoms with Gasteiger partial charge in [0.25, 0.3) is 6.47 Å². The molecule has 0 unspecified atom stereocenters. The Labute approximate surface area is 211 Å². The molecule has 3 aromatic carbocycles. The highest BCUT2D eigenvalue weighted by molar-refractivity contribution is 6.02. The van der Waals surface area contributed by atoms with Crippen LogP contribution in [0.2, 0.25) is 0 Å². The van der Waals surface area contributed by atoms with Crippen LogP contribution >= 0.6 is 0 Å². The first-order valence-electron chi connectivity index (χ1n) is 11.2. The van der Waals surface area contributed by atoms with Crippen molar-refractivity contribution >= 4 is 29.2 Å². The molecular weight excluding hydrogens is 456 g/mol. The van der Waals surface area contributed by atoms with Crippen LogP contribution in [-0.4, -0.2) is 18.4 Å². The molecule has 6 nitrogen and oxygen atoms in total. The van der Waals surface area contributed by atoms with Crippen molar-refractivity contribution in [3.63, 3.8) is 0 Å². The molecule has 0 aliphatic heterocycles. The summed E-state index contributed by atoms with van der Waals surface area (Å²) in [6.45, 7) is 18.4. The van der Waals surface area contributed by atoms with Gasteiger partial charge in [-0.15, -0.1) is 6.58 Å². The van der Waals surface area contributed by atoms with E-state index in [-0.39, 0.29) is 22.6 Å². The number of benzene rings is 3. The van der Waals surface area contributed by atoms with Gasteiger partial charge in [-0.3, -0.25) is 4.79 Å². The Morgan fingerprint density at radius 1 is 0.778 bits per heavy atom. The fourth-order valence-electron chi connectivity index (χ4n) is 2.92. The van der Waals surface area contributed by atoms with Gasteiger partial charge in [-0.1, -0.05) is 56.0 Å². The van der Waals surface area contributed by atoms with Gasteiger partial charge in [0.15, 0.2) is 0 Å². The third-order valence-corrected chi connectivity index (χ3v) is 5.01. The third kappa shape index (κ3) is 7.27. The zero-order chi connectivity index (χ0) is 26.8. The molecule has 0 saturated heterocycles. The second-order valence-electron chi connectivity index (χ2n) is 8.18. The normalized spacial score (nSPS) is 9.89. The summed E-state index contributed by atoms with van der Waals surface area (Å²) in [5.41, 5.74) is 3.11. The molecule has 0 fully saturated rings. The highest BCUT2D eigenvalue weighted by Gasteiger charge is 2.16. The van der Waals surface area contributed by atoms with Gasteiger partial charge in [-0.05, 0) is 56.3 Å². The number of ether oxygens (including phenoxy) is 3. The molecule has 3 aromatic rings. The van der Waals surface area contributed by atoms with E-state index in [1.807, 2.05) is 25.1 Å². The number of carbonyl (C=O) groups is 3. The quantitative estimate of drug-likeness (QED) is 0.112. The van der Waals surface area contributed by atoms with Crippen LogP contribution in [0.1, 0.15) is 34.1 Å². The number of allylic oxidation sites excluding steroid dienone is 1. The predicted molar refractivity (Wildman–Crippen MR) is 142 cm³/mol. The molecule has 0 N–H and O–H groups in total. The molecule has 0 heterocycles. The van der Waals surface area contributed by atoms with Crippen LogP contribution in [0.3, 0.4) is 0 Å². The number of carbonyl (C=O) groups excluding carboxylic acids is 3. The van der Waals surface area contributed by atoms with Crippen molar-refractivity contribution in [1.29, 1.82) is 0 Å². The average molecular weight is 487 g/mol. The molecule has 186 valence electrons. The molecule has 0 atom stereocenters. The molecule has 0 amide bonds. The topological polar surface area (TPSA) is 78.9 Å². The fourth-order valence-corrected chi connectivity index (χ4v) is 2.92. The van der Waals surface area contributed by atoms with Crippen LogP contribution in [0, 0.1) is 0 Å². The summed E-state index contributed by atoms with van der Waals surface area (Å²) in [6.07, 6.45) is 1.11. The second kappa shape index (κ2) is 12.9. The molecule has 36 heavy (non-hydrogen) atoms. The first-order chi connectivity index (χ1) is 17.1. The van der Waals surface area contributed by atoms with E-state index in [2.05, 4.69) is 26.7 Å². The SMILES string of the molecule is C=C(C)C(=O)Oc1ccc(-c2cccc3c(OC(=O)C(=C)C)cccc23)c(OC=O)c1.C=C(C)CC. The Balaban J connectivity index is 0.000000830. The summed E-state index contributed by atoms with van der Waals surface area (Å²) < 4.78 is 15.8. The van der Waals surface area contributed by atoms with E-state index >= 15 is 0 Å². The minimum atomic E-state index is -0.584. The first-order valence-corrected chi connectivity index (χ1v) is 11.2. The van der Waals surface area contributed by atoms with Gasteiger partial charge < -0.3 is 14.2 Å². The molecule has 0 aliphatic carbocycles. The second-order valence-corrected chi connectivity index (χ2v) is 8.18. The Kier molecular flexibility index (Phi) is 9.93. The Hall–Kier alpha value is -4.45. The molecular formula is C30H30O6. The van der Waals surface area contributed by atoms with Gasteiger partial charge in [0.1, 0.15) is 17.2 Å². The first kappa shape index (κ1) is 27.8. The summed E-state index contributed by atoms with van der Waals surface area (Å²) >= 11 is 0. The molecule has 0 radical (unpaired) electrons. The molecule has 6 heteroatoms. The van der Waals surface area contributed by atoms with Crippen molar-refractivity contribution in [2.45, 2.75) is 34.1 Å². The summed E-state index contributed by atoms with van der Waals surface area (Å²) in [6, 6.07) is 15.5. The Bertz CT molecular complexity index is 1330. The maximum atomic E-state index is 12.0. The van der Waals surface area contributed by atoms with E-state index in [9.17, 15) is 14.4 Å². The number of fused-ring (bicyclic) bond motifs is 1. The van der Waals surface area contributed by atoms with Gasteiger partial charge in [0.05, 0.1) is 0 Å². The molecule has 0 aliphatic rings. The van der Waals surface area contributed by atoms with Crippen molar-refractivity contribution in [3.05, 3.63) is 91.1 Å². The lowest BCUT2D eigenvalue weighted by atomic mass is 9.97. The van der Waals surface area contributed by atoms with Crippen molar-refractivity contribution in [2.24, 2.45) is 0 Å². The lowest BCUT2D eigenvalue weighted by Gasteiger charge is -2.14. The molecule has 0 aromatic heterocycles. The highest BCUT2D eigenvalue weighted by atomic mass is 16.5. The highest BCUT2D eigenvalue weighted by Crippen LogP contribution is 2.39. The van der Waals surface area contributed by atoms with Crippen LogP contribution in [0.5, 0.6) is 17.2 Å². The summed E-state index contributed by atoms with van der Waals surface area (Å²) in [5.74, 6) is -0.300. The minimum Gasteiger partial charge on any atom is -0.428 e. The Morgan fingerprint density at radius 3 is 1.94 bits per heavy atom. The number of hydrogen-bond acceptors (Lipinski definition) is 6. The largest absolute Gasteiger partial charge is 0.428 e. The fraction of sp³-hybridized carbons (Fsp3) is 0.167. The average Bonchev–Trinajstić information content (AvgIpc) is 2.84. The van der Waals surface area contributed by atoms with Crippen LogP contribution < -0.4 is 14.2 Å². The maximum absolute atomic E-state index is 12.0. The van der Waals surface area contributed by atoms with Crippen LogP contribution in [0.25, 0.3) is 21.9 Å². The standard InChI is InChI=1S/C25H20O6.C5H10/c1-15(2)24(27)30-17-11-12-21(23(13-17)29-14-26)19-7-5-9-20-18(19)8-6-10-22(20)31-25(28)16(3)4;1-4-5(2)3/h5-14H,1,3H2,2,4H3;2,4H2,1,3H3. The number of rotatable bonds is 8. The van der Waals surface area contributed by atoms with Crippen LogP contribution in [-0.2, 0) is 14.4 Å². The zero-order valence-electron chi connectivity index (χ0n) is 21.1. The lowest BCUT2D eigenvalue weighted by molar-refractivity contribution is -0.130. The van der Waals surface area contributed by atoms with Crippen molar-refractivity contribution in [2.75, 3.05) is 0 Å². The van der Waals surface area contributed by atoms with E-state index in [1.165, 1.54) is 18.6 Å². The monoisotopic (exact) mass is 486 g/mol. The third-order valence-electron chi connectivity index (χ3n) is 5.01. The van der Waals surface area contributed by atoms with Crippen LogP contribution in [0.4, 0.5) is 0 Å². The van der Waals surface area contributed by atoms with Crippen LogP contribution in [0.15, 0.2) is 91.1 Å². The maximum Gasteiger partial charge on any atom is 0.338 e. The van der Waals surface area contributed by atoms with Gasteiger partial charge >= 0.3 is 11.9 Å². The molecule has 0 saturated carbocycles. The number of hydrogen-bond donors (Lipinski definition) is 0. The molecule has 3 rings (SSSR count). The predicted octanol–water partition coefficient (Wildman–Crippen LogP) is 6.98. The van der Waals surface area contributed by atoms with E-state index in [4.69, 9.17) is 14.2 Å².